The zero-order chi connectivity index (χ0) is 16.8. The number of aryl methyl sites for hydroxylation is 2. The molecule has 0 atom stereocenters. The first-order chi connectivity index (χ1) is 11.6. The van der Waals surface area contributed by atoms with Crippen LogP contribution in [-0.4, -0.2) is 48.0 Å². The molecule has 4 rings (SSSR count). The Bertz CT molecular complexity index is 1020. The minimum atomic E-state index is -0.440. The van der Waals surface area contributed by atoms with E-state index in [1.807, 2.05) is 13.1 Å². The first-order valence-corrected chi connectivity index (χ1v) is 8.46. The highest BCUT2D eigenvalue weighted by Crippen LogP contribution is 2.16. The average Bonchev–Trinajstić information content (AvgIpc) is 3.07. The topological polar surface area (TPSA) is 80.3 Å². The lowest BCUT2D eigenvalue weighted by Crippen LogP contribution is -2.32. The molecule has 24 heavy (non-hydrogen) atoms. The van der Waals surface area contributed by atoms with Crippen LogP contribution in [0.5, 0.6) is 0 Å². The van der Waals surface area contributed by atoms with E-state index < -0.39 is 11.2 Å². The number of H-pyrrole nitrogens is 1. The maximum absolute atomic E-state index is 12.2. The van der Waals surface area contributed by atoms with Crippen molar-refractivity contribution in [3.63, 3.8) is 0 Å². The number of fused-ring (bicyclic) bond motifs is 3. The highest BCUT2D eigenvalue weighted by Gasteiger charge is 2.18. The largest absolute Gasteiger partial charge is 0.329 e. The number of nitrogens with zero attached hydrogens (tertiary/aromatic N) is 5. The van der Waals surface area contributed by atoms with Gasteiger partial charge >= 0.3 is 5.69 Å². The lowest BCUT2D eigenvalue weighted by atomic mass is 10.1. The van der Waals surface area contributed by atoms with Gasteiger partial charge in [-0.3, -0.25) is 18.7 Å². The third kappa shape index (κ3) is 2.29. The number of hydrogen-bond acceptors (Lipinski definition) is 4. The van der Waals surface area contributed by atoms with E-state index in [-0.39, 0.29) is 0 Å². The van der Waals surface area contributed by atoms with Crippen LogP contribution in [0, 0.1) is 6.92 Å². The van der Waals surface area contributed by atoms with Gasteiger partial charge in [-0.1, -0.05) is 6.42 Å². The third-order valence-corrected chi connectivity index (χ3v) is 5.00. The van der Waals surface area contributed by atoms with Gasteiger partial charge in [0.1, 0.15) is 0 Å². The number of aromatic amines is 1. The highest BCUT2D eigenvalue weighted by molar-refractivity contribution is 5.75. The fraction of sp³-hybridized carbons (Fsp3) is 0.562. The van der Waals surface area contributed by atoms with Gasteiger partial charge in [0.15, 0.2) is 11.2 Å². The monoisotopic (exact) mass is 330 g/mol. The molecule has 4 heterocycles. The quantitative estimate of drug-likeness (QED) is 0.757. The first kappa shape index (κ1) is 15.2. The molecule has 0 bridgehead atoms. The van der Waals surface area contributed by atoms with E-state index in [0.717, 1.165) is 31.9 Å². The van der Waals surface area contributed by atoms with Gasteiger partial charge in [0.2, 0.25) is 5.78 Å². The predicted octanol–water partition coefficient (Wildman–Crippen LogP) is 0.470. The Morgan fingerprint density at radius 1 is 1.17 bits per heavy atom. The molecule has 0 spiro atoms. The maximum atomic E-state index is 12.2. The van der Waals surface area contributed by atoms with Crippen LogP contribution >= 0.6 is 0 Å². The van der Waals surface area contributed by atoms with E-state index in [9.17, 15) is 9.59 Å². The maximum Gasteiger partial charge on any atom is 0.329 e. The molecule has 128 valence electrons. The van der Waals surface area contributed by atoms with E-state index in [2.05, 4.69) is 19.4 Å². The minimum Gasteiger partial charge on any atom is -0.313 e. The Hall–Kier alpha value is -2.35. The van der Waals surface area contributed by atoms with Gasteiger partial charge in [0.25, 0.3) is 5.56 Å². The molecule has 0 amide bonds. The molecular formula is C16H22N6O2. The van der Waals surface area contributed by atoms with Crippen molar-refractivity contribution < 1.29 is 0 Å². The molecule has 1 aliphatic heterocycles. The predicted molar refractivity (Wildman–Crippen MR) is 91.6 cm³/mol. The van der Waals surface area contributed by atoms with E-state index in [1.54, 1.807) is 11.4 Å². The number of likely N-dealkylation sites (tertiary alicyclic amines) is 1. The molecule has 0 saturated carbocycles. The van der Waals surface area contributed by atoms with Crippen molar-refractivity contribution in [1.29, 1.82) is 0 Å². The molecule has 0 aliphatic carbocycles. The number of rotatable bonds is 3. The van der Waals surface area contributed by atoms with Gasteiger partial charge in [-0.25, -0.2) is 4.79 Å². The van der Waals surface area contributed by atoms with Crippen molar-refractivity contribution in [3.05, 3.63) is 32.7 Å². The van der Waals surface area contributed by atoms with Crippen LogP contribution < -0.4 is 11.2 Å². The number of hydrogen-bond donors (Lipinski definition) is 1. The third-order valence-electron chi connectivity index (χ3n) is 5.00. The molecular weight excluding hydrogens is 308 g/mol. The molecule has 1 saturated heterocycles. The Morgan fingerprint density at radius 3 is 2.67 bits per heavy atom. The summed E-state index contributed by atoms with van der Waals surface area (Å²) in [6.07, 6.45) is 5.78. The fourth-order valence-electron chi connectivity index (χ4n) is 3.62. The standard InChI is InChI=1S/C16H22N6O2/c1-11-10-22-12-13(19(2)16(24)18-14(12)23)17-15(22)21(11)9-8-20-6-4-3-5-7-20/h10H,3-9H2,1-2H3,(H,18,23,24). The average molecular weight is 330 g/mol. The van der Waals surface area contributed by atoms with Crippen LogP contribution in [-0.2, 0) is 13.6 Å². The smallest absolute Gasteiger partial charge is 0.313 e. The summed E-state index contributed by atoms with van der Waals surface area (Å²) in [5.41, 5.74) is 1.07. The fourth-order valence-corrected chi connectivity index (χ4v) is 3.62. The van der Waals surface area contributed by atoms with Gasteiger partial charge in [-0.15, -0.1) is 0 Å². The molecule has 8 nitrogen and oxygen atoms in total. The van der Waals surface area contributed by atoms with Crippen LogP contribution in [0.4, 0.5) is 0 Å². The summed E-state index contributed by atoms with van der Waals surface area (Å²) in [6, 6.07) is 0. The Kier molecular flexibility index (Phi) is 3.56. The van der Waals surface area contributed by atoms with Crippen LogP contribution in [0.2, 0.25) is 0 Å². The van der Waals surface area contributed by atoms with Crippen molar-refractivity contribution in [2.24, 2.45) is 7.05 Å². The zero-order valence-electron chi connectivity index (χ0n) is 14.1. The van der Waals surface area contributed by atoms with Gasteiger partial charge in [0.05, 0.1) is 0 Å². The van der Waals surface area contributed by atoms with Crippen molar-refractivity contribution in [2.45, 2.75) is 32.7 Å². The van der Waals surface area contributed by atoms with Crippen LogP contribution in [0.1, 0.15) is 25.0 Å². The molecule has 3 aromatic rings. The van der Waals surface area contributed by atoms with Crippen molar-refractivity contribution in [2.75, 3.05) is 19.6 Å². The Balaban J connectivity index is 1.78. The number of nitrogens with one attached hydrogen (secondary N) is 1. The summed E-state index contributed by atoms with van der Waals surface area (Å²) in [6.45, 7) is 6.14. The highest BCUT2D eigenvalue weighted by atomic mass is 16.2. The SMILES string of the molecule is Cc1cn2c3c(=O)[nH]c(=O)n(C)c3nc2n1CCN1CCCCC1. The summed E-state index contributed by atoms with van der Waals surface area (Å²) in [5, 5.41) is 0. The molecule has 0 aromatic carbocycles. The second-order valence-electron chi connectivity index (χ2n) is 6.60. The first-order valence-electron chi connectivity index (χ1n) is 8.46. The van der Waals surface area contributed by atoms with Crippen molar-refractivity contribution >= 4 is 16.9 Å². The minimum absolute atomic E-state index is 0.395. The Morgan fingerprint density at radius 2 is 1.92 bits per heavy atom. The van der Waals surface area contributed by atoms with E-state index in [1.165, 1.54) is 23.8 Å². The van der Waals surface area contributed by atoms with Crippen LogP contribution in [0.3, 0.4) is 0 Å². The van der Waals surface area contributed by atoms with Crippen LogP contribution in [0.15, 0.2) is 15.8 Å². The van der Waals surface area contributed by atoms with Crippen molar-refractivity contribution in [3.8, 4) is 0 Å². The molecule has 1 N–H and O–H groups in total. The summed E-state index contributed by atoms with van der Waals surface area (Å²) in [4.78, 5) is 33.4. The molecule has 8 heteroatoms. The molecule has 0 unspecified atom stereocenters. The summed E-state index contributed by atoms with van der Waals surface area (Å²) < 4.78 is 5.30. The number of aromatic nitrogens is 5. The number of piperidine rings is 1. The molecule has 0 radical (unpaired) electrons. The summed E-state index contributed by atoms with van der Waals surface area (Å²) in [5.74, 6) is 0.714. The van der Waals surface area contributed by atoms with E-state index in [0.29, 0.717) is 16.9 Å². The van der Waals surface area contributed by atoms with Gasteiger partial charge < -0.3 is 9.47 Å². The molecule has 3 aromatic heterocycles. The van der Waals surface area contributed by atoms with Crippen LogP contribution in [0.25, 0.3) is 16.9 Å². The van der Waals surface area contributed by atoms with Gasteiger partial charge in [-0.05, 0) is 32.9 Å². The van der Waals surface area contributed by atoms with E-state index >= 15 is 0 Å². The zero-order valence-corrected chi connectivity index (χ0v) is 14.1. The lowest BCUT2D eigenvalue weighted by molar-refractivity contribution is 0.221. The molecule has 1 fully saturated rings. The van der Waals surface area contributed by atoms with E-state index in [4.69, 9.17) is 0 Å². The second-order valence-corrected chi connectivity index (χ2v) is 6.60. The number of imidazole rings is 2. The summed E-state index contributed by atoms with van der Waals surface area (Å²) in [7, 11) is 1.62. The van der Waals surface area contributed by atoms with Gasteiger partial charge in [-0.2, -0.15) is 4.98 Å². The van der Waals surface area contributed by atoms with Gasteiger partial charge in [0, 0.05) is 32.0 Å². The normalized spacial score (nSPS) is 16.4. The lowest BCUT2D eigenvalue weighted by Gasteiger charge is -2.26. The summed E-state index contributed by atoms with van der Waals surface area (Å²) >= 11 is 0. The molecule has 1 aliphatic rings. The van der Waals surface area contributed by atoms with Crippen molar-refractivity contribution in [1.82, 2.24) is 28.4 Å². The Labute approximate surface area is 138 Å². The second kappa shape index (κ2) is 5.62.